The number of para-hydroxylation sites is 2. The Hall–Kier alpha value is -2.40. The molecule has 0 radical (unpaired) electrons. The molecule has 2 aromatic carbocycles. The van der Waals surface area contributed by atoms with Gasteiger partial charge in [0.2, 0.25) is 0 Å². The van der Waals surface area contributed by atoms with E-state index < -0.39 is 11.2 Å². The molecule has 5 heteroatoms. The van der Waals surface area contributed by atoms with Crippen LogP contribution in [0.15, 0.2) is 59.6 Å². The lowest BCUT2D eigenvalue weighted by molar-refractivity contribution is -0.136. The lowest BCUT2D eigenvalue weighted by Crippen LogP contribution is -2.09. The van der Waals surface area contributed by atoms with Crippen LogP contribution in [-0.4, -0.2) is 21.0 Å². The number of hydrogen-bond donors (Lipinski definition) is 1. The molecule has 0 aliphatic heterocycles. The molecule has 0 fully saturated rings. The van der Waals surface area contributed by atoms with Crippen molar-refractivity contribution in [2.24, 2.45) is 0 Å². The summed E-state index contributed by atoms with van der Waals surface area (Å²) in [7, 11) is 0. The third-order valence-corrected chi connectivity index (χ3v) is 4.58. The average molecular weight is 310 g/mol. The van der Waals surface area contributed by atoms with Gasteiger partial charge in [0.25, 0.3) is 0 Å². The van der Waals surface area contributed by atoms with Gasteiger partial charge in [0.15, 0.2) is 0 Å². The normalized spacial score (nSPS) is 12.2. The fourth-order valence-corrected chi connectivity index (χ4v) is 3.17. The van der Waals surface area contributed by atoms with E-state index in [1.165, 1.54) is 11.8 Å². The Labute approximate surface area is 132 Å². The van der Waals surface area contributed by atoms with Crippen LogP contribution >= 0.6 is 11.8 Å². The van der Waals surface area contributed by atoms with Gasteiger partial charge in [0.05, 0.1) is 16.7 Å². The summed E-state index contributed by atoms with van der Waals surface area (Å²) in [6.07, 6.45) is 0. The van der Waals surface area contributed by atoms with Crippen molar-refractivity contribution in [2.75, 3.05) is 0 Å². The van der Waals surface area contributed by atoms with Gasteiger partial charge in [-0.15, -0.1) is 0 Å². The van der Waals surface area contributed by atoms with Crippen molar-refractivity contribution < 1.29 is 9.90 Å². The summed E-state index contributed by atoms with van der Waals surface area (Å²) in [4.78, 5) is 20.7. The van der Waals surface area contributed by atoms with Crippen molar-refractivity contribution in [3.05, 3.63) is 65.9 Å². The third kappa shape index (κ3) is 2.94. The minimum Gasteiger partial charge on any atom is -0.480 e. The van der Waals surface area contributed by atoms with E-state index in [0.29, 0.717) is 5.03 Å². The van der Waals surface area contributed by atoms with Crippen molar-refractivity contribution >= 4 is 28.8 Å². The fourth-order valence-electron chi connectivity index (χ4n) is 2.18. The molecule has 0 saturated heterocycles. The van der Waals surface area contributed by atoms with E-state index in [4.69, 9.17) is 0 Å². The first-order chi connectivity index (χ1) is 10.6. The van der Waals surface area contributed by atoms with Crippen LogP contribution in [0.2, 0.25) is 0 Å². The molecule has 4 nitrogen and oxygen atoms in total. The second-order valence-corrected chi connectivity index (χ2v) is 5.94. The standard InChI is InChI=1S/C17H14N2O2S/c1-11-16(19-14-10-6-5-9-13(14)18-11)22-15(17(20)21)12-7-3-2-4-8-12/h2-10,15H,1H3,(H,20,21). The lowest BCUT2D eigenvalue weighted by Gasteiger charge is -2.13. The molecule has 1 N–H and O–H groups in total. The highest BCUT2D eigenvalue weighted by molar-refractivity contribution is 8.00. The van der Waals surface area contributed by atoms with Gasteiger partial charge in [0, 0.05) is 0 Å². The lowest BCUT2D eigenvalue weighted by atomic mass is 10.1. The summed E-state index contributed by atoms with van der Waals surface area (Å²) in [6, 6.07) is 16.8. The molecule has 0 aliphatic rings. The number of aliphatic carboxylic acids is 1. The zero-order valence-electron chi connectivity index (χ0n) is 11.9. The summed E-state index contributed by atoms with van der Waals surface area (Å²) in [5.74, 6) is -0.884. The van der Waals surface area contributed by atoms with Gasteiger partial charge >= 0.3 is 5.97 Å². The predicted octanol–water partition coefficient (Wildman–Crippen LogP) is 3.86. The smallest absolute Gasteiger partial charge is 0.321 e. The molecule has 0 aliphatic carbocycles. The van der Waals surface area contributed by atoms with Crippen LogP contribution in [0.25, 0.3) is 11.0 Å². The molecule has 0 saturated carbocycles. The van der Waals surface area contributed by atoms with E-state index in [2.05, 4.69) is 9.97 Å². The van der Waals surface area contributed by atoms with Crippen molar-refractivity contribution in [3.63, 3.8) is 0 Å². The van der Waals surface area contributed by atoms with E-state index in [1.54, 1.807) is 0 Å². The second-order valence-electron chi connectivity index (χ2n) is 4.85. The monoisotopic (exact) mass is 310 g/mol. The predicted molar refractivity (Wildman–Crippen MR) is 87.0 cm³/mol. The Balaban J connectivity index is 2.00. The molecule has 110 valence electrons. The molecule has 3 aromatic rings. The Morgan fingerprint density at radius 1 is 1.00 bits per heavy atom. The van der Waals surface area contributed by atoms with E-state index >= 15 is 0 Å². The SMILES string of the molecule is Cc1nc2ccccc2nc1SC(C(=O)O)c1ccccc1. The molecule has 22 heavy (non-hydrogen) atoms. The van der Waals surface area contributed by atoms with Crippen molar-refractivity contribution in [3.8, 4) is 0 Å². The number of thioether (sulfide) groups is 1. The van der Waals surface area contributed by atoms with Crippen LogP contribution in [-0.2, 0) is 4.79 Å². The van der Waals surface area contributed by atoms with E-state index in [-0.39, 0.29) is 0 Å². The summed E-state index contributed by atoms with van der Waals surface area (Å²) in [5, 5.41) is 9.47. The van der Waals surface area contributed by atoms with E-state index in [1.807, 2.05) is 61.5 Å². The number of nitrogens with zero attached hydrogens (tertiary/aromatic N) is 2. The maximum Gasteiger partial charge on any atom is 0.321 e. The molecular weight excluding hydrogens is 296 g/mol. The van der Waals surface area contributed by atoms with Crippen LogP contribution in [0.3, 0.4) is 0 Å². The number of aromatic nitrogens is 2. The Morgan fingerprint density at radius 2 is 1.59 bits per heavy atom. The third-order valence-electron chi connectivity index (χ3n) is 3.26. The molecule has 1 unspecified atom stereocenters. The van der Waals surface area contributed by atoms with Crippen LogP contribution < -0.4 is 0 Å². The molecule has 3 rings (SSSR count). The van der Waals surface area contributed by atoms with Crippen molar-refractivity contribution in [2.45, 2.75) is 17.2 Å². The quantitative estimate of drug-likeness (QED) is 0.741. The maximum atomic E-state index is 11.6. The summed E-state index contributed by atoms with van der Waals surface area (Å²) in [5.41, 5.74) is 3.07. The Morgan fingerprint density at radius 3 is 2.23 bits per heavy atom. The number of carbonyl (C=O) groups is 1. The van der Waals surface area contributed by atoms with Gasteiger partial charge < -0.3 is 5.11 Å². The molecule has 1 aromatic heterocycles. The first-order valence-corrected chi connectivity index (χ1v) is 7.71. The number of aryl methyl sites for hydroxylation is 1. The van der Waals surface area contributed by atoms with E-state index in [0.717, 1.165) is 22.3 Å². The van der Waals surface area contributed by atoms with E-state index in [9.17, 15) is 9.90 Å². The number of rotatable bonds is 4. The topological polar surface area (TPSA) is 63.1 Å². The summed E-state index contributed by atoms with van der Waals surface area (Å²) in [6.45, 7) is 1.85. The number of benzene rings is 2. The zero-order valence-corrected chi connectivity index (χ0v) is 12.7. The number of fused-ring (bicyclic) bond motifs is 1. The van der Waals surface area contributed by atoms with Crippen LogP contribution in [0.4, 0.5) is 0 Å². The van der Waals surface area contributed by atoms with Crippen LogP contribution in [0.1, 0.15) is 16.5 Å². The average Bonchev–Trinajstić information content (AvgIpc) is 2.53. The first-order valence-electron chi connectivity index (χ1n) is 6.83. The second kappa shape index (κ2) is 6.15. The van der Waals surface area contributed by atoms with Gasteiger partial charge in [-0.05, 0) is 24.6 Å². The van der Waals surface area contributed by atoms with Gasteiger partial charge in [-0.2, -0.15) is 0 Å². The minimum atomic E-state index is -0.884. The molecule has 1 atom stereocenters. The molecule has 0 bridgehead atoms. The molecule has 0 spiro atoms. The zero-order chi connectivity index (χ0) is 15.5. The largest absolute Gasteiger partial charge is 0.480 e. The van der Waals surface area contributed by atoms with Gasteiger partial charge in [0.1, 0.15) is 10.3 Å². The summed E-state index contributed by atoms with van der Waals surface area (Å²) >= 11 is 1.22. The Kier molecular flexibility index (Phi) is 4.06. The molecule has 1 heterocycles. The fraction of sp³-hybridized carbons (Fsp3) is 0.118. The highest BCUT2D eigenvalue weighted by Crippen LogP contribution is 2.36. The van der Waals surface area contributed by atoms with Crippen LogP contribution in [0, 0.1) is 6.92 Å². The van der Waals surface area contributed by atoms with Crippen molar-refractivity contribution in [1.82, 2.24) is 9.97 Å². The minimum absolute atomic E-state index is 0.648. The number of carboxylic acids is 1. The molecular formula is C17H14N2O2S. The highest BCUT2D eigenvalue weighted by Gasteiger charge is 2.23. The Bertz CT molecular complexity index is 821. The maximum absolute atomic E-state index is 11.6. The summed E-state index contributed by atoms with van der Waals surface area (Å²) < 4.78 is 0. The van der Waals surface area contributed by atoms with Gasteiger partial charge in [-0.25, -0.2) is 9.97 Å². The highest BCUT2D eigenvalue weighted by atomic mass is 32.2. The number of hydrogen-bond acceptors (Lipinski definition) is 4. The van der Waals surface area contributed by atoms with Crippen molar-refractivity contribution in [1.29, 1.82) is 0 Å². The number of carboxylic acid groups (broad SMARTS) is 1. The molecule has 0 amide bonds. The van der Waals surface area contributed by atoms with Gasteiger partial charge in [-0.3, -0.25) is 4.79 Å². The first kappa shape index (κ1) is 14.5. The van der Waals surface area contributed by atoms with Crippen LogP contribution in [0.5, 0.6) is 0 Å². The van der Waals surface area contributed by atoms with Gasteiger partial charge in [-0.1, -0.05) is 54.2 Å².